The Bertz CT molecular complexity index is 685. The molecule has 2 heterocycles. The maximum absolute atomic E-state index is 12.4. The molecule has 0 unspecified atom stereocenters. The lowest BCUT2D eigenvalue weighted by Gasteiger charge is -2.26. The van der Waals surface area contributed by atoms with E-state index >= 15 is 0 Å². The van der Waals surface area contributed by atoms with Gasteiger partial charge >= 0.3 is 6.36 Å². The highest BCUT2D eigenvalue weighted by molar-refractivity contribution is 5.94. The molecule has 0 bridgehead atoms. The van der Waals surface area contributed by atoms with Crippen LogP contribution < -0.4 is 4.74 Å². The fourth-order valence-electron chi connectivity index (χ4n) is 2.36. The van der Waals surface area contributed by atoms with Crippen LogP contribution in [0.4, 0.5) is 13.2 Å². The first-order chi connectivity index (χ1) is 10.4. The number of hydrogen-bond acceptors (Lipinski definition) is 3. The number of amides is 1. The first kappa shape index (κ1) is 17.1. The predicted molar refractivity (Wildman–Crippen MR) is 77.4 cm³/mol. The maximum Gasteiger partial charge on any atom is 0.573 e. The summed E-state index contributed by atoms with van der Waals surface area (Å²) in [5.41, 5.74) is 2.14. The molecule has 0 saturated carbocycles. The molecule has 1 aromatic carbocycles. The van der Waals surface area contributed by atoms with Crippen LogP contribution in [0.1, 0.15) is 21.7 Å². The minimum atomic E-state index is -4.74. The highest BCUT2D eigenvalue weighted by atomic mass is 35.5. The summed E-state index contributed by atoms with van der Waals surface area (Å²) in [4.78, 5) is 21.1. The zero-order valence-corrected chi connectivity index (χ0v) is 12.6. The van der Waals surface area contributed by atoms with Crippen LogP contribution >= 0.6 is 12.4 Å². The highest BCUT2D eigenvalue weighted by Crippen LogP contribution is 2.24. The van der Waals surface area contributed by atoms with E-state index in [1.54, 1.807) is 11.2 Å². The number of nitrogens with one attached hydrogen (secondary N) is 1. The second kappa shape index (κ2) is 6.49. The predicted octanol–water partition coefficient (Wildman–Crippen LogP) is 2.93. The van der Waals surface area contributed by atoms with Crippen LogP contribution in [0, 0.1) is 0 Å². The van der Waals surface area contributed by atoms with Crippen molar-refractivity contribution in [2.24, 2.45) is 0 Å². The molecule has 5 nitrogen and oxygen atoms in total. The molecule has 0 spiro atoms. The number of aromatic nitrogens is 2. The molecule has 2 aromatic rings. The Balaban J connectivity index is 0.00000192. The van der Waals surface area contributed by atoms with Gasteiger partial charge in [-0.05, 0) is 24.3 Å². The second-order valence-electron chi connectivity index (χ2n) is 4.88. The molecule has 0 saturated heterocycles. The van der Waals surface area contributed by atoms with Crippen LogP contribution in [0.15, 0.2) is 30.6 Å². The smallest absolute Gasteiger partial charge is 0.406 e. The molecule has 0 aliphatic carbocycles. The lowest BCUT2D eigenvalue weighted by atomic mass is 10.1. The molecule has 1 amide bonds. The molecule has 0 radical (unpaired) electrons. The van der Waals surface area contributed by atoms with Gasteiger partial charge < -0.3 is 14.6 Å². The summed E-state index contributed by atoms with van der Waals surface area (Å²) in [6, 6.07) is 4.90. The Labute approximate surface area is 135 Å². The van der Waals surface area contributed by atoms with Gasteiger partial charge in [0.1, 0.15) is 5.75 Å². The standard InChI is InChI=1S/C14H12F3N3O2.ClH/c15-14(16,17)22-10-3-1-9(2-4-10)13(21)20-6-5-11-12(7-20)19-8-18-11;/h1-4,8H,5-7H2,(H,18,19);1H. The minimum absolute atomic E-state index is 0. The maximum atomic E-state index is 12.4. The summed E-state index contributed by atoms with van der Waals surface area (Å²) in [5.74, 6) is -0.593. The van der Waals surface area contributed by atoms with Gasteiger partial charge in [-0.25, -0.2) is 4.98 Å². The number of benzene rings is 1. The summed E-state index contributed by atoms with van der Waals surface area (Å²) < 4.78 is 40.1. The van der Waals surface area contributed by atoms with Crippen molar-refractivity contribution in [1.29, 1.82) is 0 Å². The van der Waals surface area contributed by atoms with Gasteiger partial charge in [-0.2, -0.15) is 0 Å². The van der Waals surface area contributed by atoms with Gasteiger partial charge in [-0.3, -0.25) is 4.79 Å². The first-order valence-electron chi connectivity index (χ1n) is 6.58. The number of aromatic amines is 1. The number of halogens is 4. The van der Waals surface area contributed by atoms with Crippen molar-refractivity contribution < 1.29 is 22.7 Å². The number of rotatable bonds is 2. The third-order valence-electron chi connectivity index (χ3n) is 3.40. The third-order valence-corrected chi connectivity index (χ3v) is 3.40. The number of imidazole rings is 1. The molecule has 23 heavy (non-hydrogen) atoms. The summed E-state index contributed by atoms with van der Waals surface area (Å²) in [6.07, 6.45) is -2.48. The molecule has 3 rings (SSSR count). The quantitative estimate of drug-likeness (QED) is 0.908. The molecule has 1 aliphatic rings. The summed E-state index contributed by atoms with van der Waals surface area (Å²) in [5, 5.41) is 0. The monoisotopic (exact) mass is 347 g/mol. The van der Waals surface area contributed by atoms with E-state index in [2.05, 4.69) is 14.7 Å². The van der Waals surface area contributed by atoms with Crippen molar-refractivity contribution in [3.05, 3.63) is 47.5 Å². The van der Waals surface area contributed by atoms with E-state index < -0.39 is 6.36 Å². The second-order valence-corrected chi connectivity index (χ2v) is 4.88. The molecule has 0 atom stereocenters. The van der Waals surface area contributed by atoms with Gasteiger partial charge in [-0.1, -0.05) is 0 Å². The van der Waals surface area contributed by atoms with Gasteiger partial charge in [0.2, 0.25) is 0 Å². The largest absolute Gasteiger partial charge is 0.573 e. The summed E-state index contributed by atoms with van der Waals surface area (Å²) in [6.45, 7) is 0.924. The number of ether oxygens (including phenoxy) is 1. The Kier molecular flexibility index (Phi) is 4.84. The van der Waals surface area contributed by atoms with E-state index in [0.717, 1.165) is 23.5 Å². The van der Waals surface area contributed by atoms with Crippen molar-refractivity contribution in [2.45, 2.75) is 19.3 Å². The molecular formula is C14H13ClF3N3O2. The highest BCUT2D eigenvalue weighted by Gasteiger charge is 2.31. The van der Waals surface area contributed by atoms with Crippen molar-refractivity contribution in [1.82, 2.24) is 14.9 Å². The van der Waals surface area contributed by atoms with Crippen molar-refractivity contribution >= 4 is 18.3 Å². The lowest BCUT2D eigenvalue weighted by Crippen LogP contribution is -2.36. The molecule has 1 aromatic heterocycles. The molecule has 0 fully saturated rings. The topological polar surface area (TPSA) is 58.2 Å². The SMILES string of the molecule is Cl.O=C(c1ccc(OC(F)(F)F)cc1)N1CCc2[nH]cnc2C1. The van der Waals surface area contributed by atoms with E-state index in [-0.39, 0.29) is 24.1 Å². The number of carbonyl (C=O) groups is 1. The number of fused-ring (bicyclic) bond motifs is 1. The van der Waals surface area contributed by atoms with E-state index in [1.165, 1.54) is 12.1 Å². The fourth-order valence-corrected chi connectivity index (χ4v) is 2.36. The van der Waals surface area contributed by atoms with E-state index in [9.17, 15) is 18.0 Å². The fraction of sp³-hybridized carbons (Fsp3) is 0.286. The number of nitrogens with zero attached hydrogens (tertiary/aromatic N) is 2. The zero-order valence-electron chi connectivity index (χ0n) is 11.8. The van der Waals surface area contributed by atoms with Crippen LogP contribution in [-0.4, -0.2) is 33.7 Å². The molecular weight excluding hydrogens is 335 g/mol. The van der Waals surface area contributed by atoms with E-state index in [4.69, 9.17) is 0 Å². The number of carbonyl (C=O) groups excluding carboxylic acids is 1. The average Bonchev–Trinajstić information content (AvgIpc) is 2.93. The summed E-state index contributed by atoms with van der Waals surface area (Å²) in [7, 11) is 0. The molecule has 9 heteroatoms. The van der Waals surface area contributed by atoms with Crippen LogP contribution in [0.3, 0.4) is 0 Å². The van der Waals surface area contributed by atoms with Crippen LogP contribution in [0.2, 0.25) is 0 Å². The van der Waals surface area contributed by atoms with Gasteiger partial charge in [0.05, 0.1) is 18.6 Å². The van der Waals surface area contributed by atoms with Crippen molar-refractivity contribution in [2.75, 3.05) is 6.54 Å². The van der Waals surface area contributed by atoms with Crippen LogP contribution in [0.5, 0.6) is 5.75 Å². The van der Waals surface area contributed by atoms with Gasteiger partial charge in [0.15, 0.2) is 0 Å². The van der Waals surface area contributed by atoms with Gasteiger partial charge in [-0.15, -0.1) is 25.6 Å². The molecule has 1 N–H and O–H groups in total. The van der Waals surface area contributed by atoms with E-state index in [0.29, 0.717) is 25.1 Å². The zero-order chi connectivity index (χ0) is 15.7. The molecule has 1 aliphatic heterocycles. The minimum Gasteiger partial charge on any atom is -0.406 e. The Hall–Kier alpha value is -2.22. The van der Waals surface area contributed by atoms with Gasteiger partial charge in [0.25, 0.3) is 5.91 Å². The summed E-state index contributed by atoms with van der Waals surface area (Å²) >= 11 is 0. The number of alkyl halides is 3. The lowest BCUT2D eigenvalue weighted by molar-refractivity contribution is -0.274. The molecule has 124 valence electrons. The van der Waals surface area contributed by atoms with Crippen molar-refractivity contribution in [3.8, 4) is 5.75 Å². The Morgan fingerprint density at radius 1 is 1.26 bits per heavy atom. The third kappa shape index (κ3) is 3.95. The van der Waals surface area contributed by atoms with Gasteiger partial charge in [0, 0.05) is 24.2 Å². The van der Waals surface area contributed by atoms with Crippen LogP contribution in [-0.2, 0) is 13.0 Å². The normalized spacial score (nSPS) is 14.0. The average molecular weight is 348 g/mol. The Morgan fingerprint density at radius 2 is 1.96 bits per heavy atom. The van der Waals surface area contributed by atoms with E-state index in [1.807, 2.05) is 0 Å². The number of H-pyrrole nitrogens is 1. The number of hydrogen-bond donors (Lipinski definition) is 1. The van der Waals surface area contributed by atoms with Crippen molar-refractivity contribution in [3.63, 3.8) is 0 Å². The Morgan fingerprint density at radius 3 is 2.61 bits per heavy atom. The van der Waals surface area contributed by atoms with Crippen LogP contribution in [0.25, 0.3) is 0 Å². The first-order valence-corrected chi connectivity index (χ1v) is 6.58.